The highest BCUT2D eigenvalue weighted by Gasteiger charge is 2.44. The van der Waals surface area contributed by atoms with Crippen LogP contribution in [0.25, 0.3) is 0 Å². The number of rotatable bonds is 46. The van der Waals surface area contributed by atoms with E-state index < -0.39 is 49.5 Å². The maximum absolute atomic E-state index is 13.0. The molecular formula is C52H103NO8. The maximum atomic E-state index is 13.0. The summed E-state index contributed by atoms with van der Waals surface area (Å²) in [4.78, 5) is 13.0. The van der Waals surface area contributed by atoms with E-state index in [-0.39, 0.29) is 12.5 Å². The van der Waals surface area contributed by atoms with Crippen molar-refractivity contribution in [3.05, 3.63) is 0 Å². The fourth-order valence-corrected chi connectivity index (χ4v) is 8.93. The van der Waals surface area contributed by atoms with E-state index in [1.165, 1.54) is 205 Å². The molecular weight excluding hydrogens is 767 g/mol. The summed E-state index contributed by atoms with van der Waals surface area (Å²) in [5.74, 6) is -0.137. The van der Waals surface area contributed by atoms with Gasteiger partial charge in [-0.25, -0.2) is 0 Å². The molecule has 9 nitrogen and oxygen atoms in total. The van der Waals surface area contributed by atoms with Crippen molar-refractivity contribution in [3.8, 4) is 0 Å². The van der Waals surface area contributed by atoms with Gasteiger partial charge in [0.1, 0.15) is 24.4 Å². The van der Waals surface area contributed by atoms with E-state index in [0.29, 0.717) is 12.8 Å². The first-order valence-corrected chi connectivity index (χ1v) is 26.7. The highest BCUT2D eigenvalue weighted by molar-refractivity contribution is 5.76. The lowest BCUT2D eigenvalue weighted by molar-refractivity contribution is -0.302. The van der Waals surface area contributed by atoms with Crippen molar-refractivity contribution in [2.45, 2.75) is 314 Å². The molecule has 0 saturated carbocycles. The second-order valence-electron chi connectivity index (χ2n) is 19.0. The number of unbranched alkanes of at least 4 members (excludes halogenated alkanes) is 36. The van der Waals surface area contributed by atoms with Gasteiger partial charge in [0, 0.05) is 6.42 Å². The molecule has 6 N–H and O–H groups in total. The van der Waals surface area contributed by atoms with Gasteiger partial charge < -0.3 is 40.3 Å². The Morgan fingerprint density at radius 2 is 0.820 bits per heavy atom. The van der Waals surface area contributed by atoms with Gasteiger partial charge in [0.15, 0.2) is 6.29 Å². The lowest BCUT2D eigenvalue weighted by Gasteiger charge is -2.40. The third-order valence-corrected chi connectivity index (χ3v) is 13.2. The van der Waals surface area contributed by atoms with Crippen LogP contribution in [0.3, 0.4) is 0 Å². The fourth-order valence-electron chi connectivity index (χ4n) is 8.93. The molecule has 0 aromatic carbocycles. The summed E-state index contributed by atoms with van der Waals surface area (Å²) in [6.45, 7) is 3.87. The molecule has 0 aliphatic carbocycles. The Hall–Kier alpha value is -0.810. The summed E-state index contributed by atoms with van der Waals surface area (Å²) in [5, 5.41) is 54.5. The predicted octanol–water partition coefficient (Wildman–Crippen LogP) is 12.3. The quantitative estimate of drug-likeness (QED) is 0.0331. The Morgan fingerprint density at radius 3 is 1.16 bits per heavy atom. The highest BCUT2D eigenvalue weighted by atomic mass is 16.7. The molecule has 1 rings (SSSR count). The number of aliphatic hydroxyl groups is 5. The summed E-state index contributed by atoms with van der Waals surface area (Å²) < 4.78 is 11.3. The van der Waals surface area contributed by atoms with Crippen LogP contribution in [0.1, 0.15) is 271 Å². The standard InChI is InChI=1S/C52H103NO8/c1-3-5-7-9-11-13-15-17-19-21-22-23-24-25-26-28-30-32-34-36-38-40-42-48(56)53-45(44-60-52-51(59)50(58)49(57)47(43-54)61-52)46(55)41-39-37-35-33-31-29-27-20-18-16-14-12-10-8-6-4-2/h45-47,49-52,54-55,57-59H,3-44H2,1-2H3,(H,53,56)/t45-,46+,47+,49-,50?,51?,52+/m0/s1. The van der Waals surface area contributed by atoms with Gasteiger partial charge in [0.25, 0.3) is 0 Å². The van der Waals surface area contributed by atoms with Crippen molar-refractivity contribution in [2.24, 2.45) is 0 Å². The average Bonchev–Trinajstić information content (AvgIpc) is 3.26. The van der Waals surface area contributed by atoms with Crippen LogP contribution >= 0.6 is 0 Å². The van der Waals surface area contributed by atoms with Crippen LogP contribution < -0.4 is 5.32 Å². The minimum atomic E-state index is -1.55. The predicted molar refractivity (Wildman–Crippen MR) is 254 cm³/mol. The van der Waals surface area contributed by atoms with Gasteiger partial charge in [-0.1, -0.05) is 251 Å². The van der Waals surface area contributed by atoms with E-state index in [1.54, 1.807) is 0 Å². The van der Waals surface area contributed by atoms with Crippen LogP contribution in [-0.4, -0.2) is 87.5 Å². The molecule has 7 atom stereocenters. The van der Waals surface area contributed by atoms with Crippen LogP contribution in [0.15, 0.2) is 0 Å². The van der Waals surface area contributed by atoms with Crippen molar-refractivity contribution in [3.63, 3.8) is 0 Å². The molecule has 1 saturated heterocycles. The van der Waals surface area contributed by atoms with Crippen LogP contribution in [-0.2, 0) is 14.3 Å². The Morgan fingerprint density at radius 1 is 0.492 bits per heavy atom. The minimum Gasteiger partial charge on any atom is -0.394 e. The molecule has 1 aliphatic rings. The smallest absolute Gasteiger partial charge is 0.220 e. The molecule has 1 aliphatic heterocycles. The first kappa shape index (κ1) is 58.2. The molecule has 364 valence electrons. The molecule has 2 unspecified atom stereocenters. The van der Waals surface area contributed by atoms with Gasteiger partial charge in [0.2, 0.25) is 5.91 Å². The number of carbonyl (C=O) groups excluding carboxylic acids is 1. The zero-order valence-corrected chi connectivity index (χ0v) is 40.2. The van der Waals surface area contributed by atoms with E-state index in [0.717, 1.165) is 38.5 Å². The third-order valence-electron chi connectivity index (χ3n) is 13.2. The topological polar surface area (TPSA) is 149 Å². The van der Waals surface area contributed by atoms with Crippen molar-refractivity contribution in [1.29, 1.82) is 0 Å². The molecule has 61 heavy (non-hydrogen) atoms. The minimum absolute atomic E-state index is 0.131. The van der Waals surface area contributed by atoms with Crippen LogP contribution in [0.4, 0.5) is 0 Å². The molecule has 0 bridgehead atoms. The van der Waals surface area contributed by atoms with Gasteiger partial charge in [0.05, 0.1) is 25.4 Å². The van der Waals surface area contributed by atoms with Crippen LogP contribution in [0.2, 0.25) is 0 Å². The Kier molecular flexibility index (Phi) is 41.1. The molecule has 0 radical (unpaired) electrons. The first-order chi connectivity index (χ1) is 29.8. The van der Waals surface area contributed by atoms with E-state index in [9.17, 15) is 30.3 Å². The largest absolute Gasteiger partial charge is 0.394 e. The van der Waals surface area contributed by atoms with Gasteiger partial charge in [-0.2, -0.15) is 0 Å². The van der Waals surface area contributed by atoms with E-state index in [2.05, 4.69) is 19.2 Å². The second kappa shape index (κ2) is 43.1. The van der Waals surface area contributed by atoms with Gasteiger partial charge in [-0.3, -0.25) is 4.79 Å². The van der Waals surface area contributed by atoms with Crippen molar-refractivity contribution in [2.75, 3.05) is 13.2 Å². The van der Waals surface area contributed by atoms with Gasteiger partial charge in [-0.05, 0) is 12.8 Å². The second-order valence-corrected chi connectivity index (χ2v) is 19.0. The summed E-state index contributed by atoms with van der Waals surface area (Å²) in [7, 11) is 0. The normalized spacial score (nSPS) is 20.3. The Balaban J connectivity index is 2.22. The SMILES string of the molecule is CCCCCCCCCCCCCCCCCCCCCCCCC(=O)N[C@@H](CO[C@@H]1O[C@H](CO)[C@H](O)C(O)C1O)[C@H](O)CCCCCCCCCCCCCCCCCC. The average molecular weight is 870 g/mol. The fraction of sp³-hybridized carbons (Fsp3) is 0.981. The Bertz CT molecular complexity index is 924. The number of ether oxygens (including phenoxy) is 2. The molecule has 1 heterocycles. The number of nitrogens with one attached hydrogen (secondary N) is 1. The van der Waals surface area contributed by atoms with Crippen molar-refractivity contribution >= 4 is 5.91 Å². The lowest BCUT2D eigenvalue weighted by atomic mass is 9.99. The van der Waals surface area contributed by atoms with E-state index in [1.807, 2.05) is 0 Å². The number of carbonyl (C=O) groups is 1. The van der Waals surface area contributed by atoms with Gasteiger partial charge in [-0.15, -0.1) is 0 Å². The van der Waals surface area contributed by atoms with Crippen LogP contribution in [0.5, 0.6) is 0 Å². The molecule has 1 fully saturated rings. The molecule has 0 aromatic heterocycles. The highest BCUT2D eigenvalue weighted by Crippen LogP contribution is 2.23. The van der Waals surface area contributed by atoms with Crippen molar-refractivity contribution in [1.82, 2.24) is 5.32 Å². The van der Waals surface area contributed by atoms with Gasteiger partial charge >= 0.3 is 0 Å². The molecule has 9 heteroatoms. The number of hydrogen-bond acceptors (Lipinski definition) is 8. The zero-order valence-electron chi connectivity index (χ0n) is 40.2. The van der Waals surface area contributed by atoms with E-state index in [4.69, 9.17) is 9.47 Å². The zero-order chi connectivity index (χ0) is 44.4. The summed E-state index contributed by atoms with van der Waals surface area (Å²) >= 11 is 0. The summed E-state index contributed by atoms with van der Waals surface area (Å²) in [6.07, 6.45) is 42.6. The molecule has 0 aromatic rings. The van der Waals surface area contributed by atoms with Crippen LogP contribution in [0, 0.1) is 0 Å². The Labute approximate surface area is 376 Å². The third kappa shape index (κ3) is 33.3. The first-order valence-electron chi connectivity index (χ1n) is 26.7. The van der Waals surface area contributed by atoms with Crippen molar-refractivity contribution < 1.29 is 39.8 Å². The maximum Gasteiger partial charge on any atom is 0.220 e. The summed E-state index contributed by atoms with van der Waals surface area (Å²) in [5.41, 5.74) is 0. The lowest BCUT2D eigenvalue weighted by Crippen LogP contribution is -2.60. The van der Waals surface area contributed by atoms with E-state index >= 15 is 0 Å². The summed E-state index contributed by atoms with van der Waals surface area (Å²) in [6, 6.07) is -0.712. The molecule has 1 amide bonds. The number of amides is 1. The number of aliphatic hydroxyl groups excluding tert-OH is 5. The monoisotopic (exact) mass is 870 g/mol. The molecule has 0 spiro atoms. The number of hydrogen-bond donors (Lipinski definition) is 6.